The van der Waals surface area contributed by atoms with E-state index in [2.05, 4.69) is 20.3 Å². The van der Waals surface area contributed by atoms with Crippen molar-refractivity contribution in [3.05, 3.63) is 23.8 Å². The monoisotopic (exact) mass is 317 g/mol. The van der Waals surface area contributed by atoms with Crippen LogP contribution >= 0.6 is 0 Å². The van der Waals surface area contributed by atoms with Crippen LogP contribution in [-0.2, 0) is 9.47 Å². The number of aromatic nitrogens is 2. The molecule has 1 fully saturated rings. The SMILES string of the molecule is CO/C(N)=C/C(N)=N\c1cnc(C#N)c(NC(C)C2COC2)n1. The van der Waals surface area contributed by atoms with Crippen LogP contribution < -0.4 is 16.8 Å². The van der Waals surface area contributed by atoms with Gasteiger partial charge in [0.05, 0.1) is 26.5 Å². The van der Waals surface area contributed by atoms with Crippen LogP contribution in [0, 0.1) is 17.2 Å². The van der Waals surface area contributed by atoms with Crippen LogP contribution in [0.5, 0.6) is 0 Å². The van der Waals surface area contributed by atoms with Crippen LogP contribution in [0.25, 0.3) is 0 Å². The summed E-state index contributed by atoms with van der Waals surface area (Å²) < 4.78 is 9.96. The van der Waals surface area contributed by atoms with E-state index in [4.69, 9.17) is 26.2 Å². The maximum atomic E-state index is 9.14. The standard InChI is InChI=1S/C14H19N7O2/c1-8(9-6-23-7-9)19-14-10(4-15)18-5-13(21-14)20-11(16)3-12(17)22-2/h3,5,8-9H,6-7,17H2,1-2H3,(H3,16,19,20,21)/b12-3+. The minimum atomic E-state index is 0.103. The predicted molar refractivity (Wildman–Crippen MR) is 84.7 cm³/mol. The molecule has 2 heterocycles. The van der Waals surface area contributed by atoms with E-state index >= 15 is 0 Å². The smallest absolute Gasteiger partial charge is 0.187 e. The van der Waals surface area contributed by atoms with Crippen LogP contribution in [0.1, 0.15) is 12.6 Å². The van der Waals surface area contributed by atoms with Gasteiger partial charge in [0.15, 0.2) is 23.2 Å². The van der Waals surface area contributed by atoms with E-state index in [1.165, 1.54) is 19.4 Å². The maximum absolute atomic E-state index is 9.14. The molecule has 1 aliphatic rings. The minimum Gasteiger partial charge on any atom is -0.483 e. The topological polar surface area (TPSA) is 144 Å². The number of ether oxygens (including phenoxy) is 2. The number of methoxy groups -OCH3 is 1. The Morgan fingerprint density at radius 1 is 1.61 bits per heavy atom. The molecule has 0 bridgehead atoms. The summed E-state index contributed by atoms with van der Waals surface area (Å²) in [6, 6.07) is 2.10. The first kappa shape index (κ1) is 16.5. The van der Waals surface area contributed by atoms with Crippen molar-refractivity contribution < 1.29 is 9.47 Å². The van der Waals surface area contributed by atoms with Gasteiger partial charge in [-0.1, -0.05) is 0 Å². The zero-order valence-corrected chi connectivity index (χ0v) is 13.0. The van der Waals surface area contributed by atoms with Gasteiger partial charge in [-0.3, -0.25) is 0 Å². The molecule has 9 nitrogen and oxygen atoms in total. The third-order valence-corrected chi connectivity index (χ3v) is 3.37. The van der Waals surface area contributed by atoms with E-state index in [-0.39, 0.29) is 29.3 Å². The van der Waals surface area contributed by atoms with Gasteiger partial charge in [0, 0.05) is 18.0 Å². The van der Waals surface area contributed by atoms with E-state index in [0.29, 0.717) is 24.9 Å². The number of nitrogens with two attached hydrogens (primary N) is 2. The van der Waals surface area contributed by atoms with E-state index in [9.17, 15) is 0 Å². The molecule has 1 aromatic rings. The van der Waals surface area contributed by atoms with Gasteiger partial charge in [0.2, 0.25) is 0 Å². The Labute approximate surface area is 134 Å². The number of nitrogens with zero attached hydrogens (tertiary/aromatic N) is 4. The number of hydrogen-bond donors (Lipinski definition) is 3. The van der Waals surface area contributed by atoms with Crippen molar-refractivity contribution in [1.82, 2.24) is 9.97 Å². The quantitative estimate of drug-likeness (QED) is 0.384. The first-order valence-electron chi connectivity index (χ1n) is 7.00. The van der Waals surface area contributed by atoms with Gasteiger partial charge < -0.3 is 26.3 Å². The van der Waals surface area contributed by atoms with Gasteiger partial charge in [0.1, 0.15) is 11.9 Å². The number of amidine groups is 1. The van der Waals surface area contributed by atoms with Gasteiger partial charge in [-0.05, 0) is 6.92 Å². The largest absolute Gasteiger partial charge is 0.483 e. The first-order chi connectivity index (χ1) is 11.0. The van der Waals surface area contributed by atoms with Crippen LogP contribution in [0.15, 0.2) is 23.1 Å². The maximum Gasteiger partial charge on any atom is 0.187 e. The molecule has 0 aliphatic carbocycles. The van der Waals surface area contributed by atoms with Gasteiger partial charge in [-0.2, -0.15) is 5.26 Å². The molecule has 0 spiro atoms. The molecular weight excluding hydrogens is 298 g/mol. The van der Waals surface area contributed by atoms with E-state index in [0.717, 1.165) is 0 Å². The van der Waals surface area contributed by atoms with Crippen molar-refractivity contribution in [3.8, 4) is 6.07 Å². The summed E-state index contributed by atoms with van der Waals surface area (Å²) in [4.78, 5) is 12.4. The van der Waals surface area contributed by atoms with Crippen LogP contribution in [0.4, 0.5) is 11.6 Å². The number of rotatable bonds is 6. The molecule has 2 rings (SSSR count). The lowest BCUT2D eigenvalue weighted by molar-refractivity contribution is -0.0379. The van der Waals surface area contributed by atoms with Crippen molar-refractivity contribution >= 4 is 17.5 Å². The normalized spacial score (nSPS) is 17.1. The van der Waals surface area contributed by atoms with Crippen molar-refractivity contribution in [2.24, 2.45) is 22.4 Å². The summed E-state index contributed by atoms with van der Waals surface area (Å²) >= 11 is 0. The van der Waals surface area contributed by atoms with Crippen molar-refractivity contribution in [1.29, 1.82) is 5.26 Å². The second-order valence-corrected chi connectivity index (χ2v) is 5.06. The molecule has 1 aromatic heterocycles. The van der Waals surface area contributed by atoms with Crippen LogP contribution in [0.3, 0.4) is 0 Å². The van der Waals surface area contributed by atoms with Crippen molar-refractivity contribution in [2.75, 3.05) is 25.6 Å². The molecule has 0 saturated carbocycles. The lowest BCUT2D eigenvalue weighted by Gasteiger charge is -2.32. The van der Waals surface area contributed by atoms with Crippen molar-refractivity contribution in [3.63, 3.8) is 0 Å². The average Bonchev–Trinajstić information content (AvgIpc) is 2.45. The summed E-state index contributed by atoms with van der Waals surface area (Å²) in [5.74, 6) is 1.26. The fraction of sp³-hybridized carbons (Fsp3) is 0.429. The Morgan fingerprint density at radius 2 is 2.35 bits per heavy atom. The second kappa shape index (κ2) is 7.42. The summed E-state index contributed by atoms with van der Waals surface area (Å²) in [5.41, 5.74) is 11.4. The Hall–Kier alpha value is -2.86. The molecule has 1 saturated heterocycles. The van der Waals surface area contributed by atoms with Gasteiger partial charge in [-0.15, -0.1) is 0 Å². The minimum absolute atomic E-state index is 0.103. The lowest BCUT2D eigenvalue weighted by atomic mass is 10.00. The Morgan fingerprint density at radius 3 is 2.91 bits per heavy atom. The Kier molecular flexibility index (Phi) is 5.32. The number of nitrogens with one attached hydrogen (secondary N) is 1. The molecule has 5 N–H and O–H groups in total. The number of anilines is 1. The third-order valence-electron chi connectivity index (χ3n) is 3.37. The van der Waals surface area contributed by atoms with E-state index < -0.39 is 0 Å². The number of aliphatic imine (C=N–C) groups is 1. The molecule has 122 valence electrons. The van der Waals surface area contributed by atoms with Gasteiger partial charge in [-0.25, -0.2) is 15.0 Å². The van der Waals surface area contributed by atoms with Gasteiger partial charge >= 0.3 is 0 Å². The summed E-state index contributed by atoms with van der Waals surface area (Å²) in [6.07, 6.45) is 2.73. The molecule has 0 radical (unpaired) electrons. The number of nitriles is 1. The highest BCUT2D eigenvalue weighted by Gasteiger charge is 2.26. The van der Waals surface area contributed by atoms with E-state index in [1.54, 1.807) is 0 Å². The average molecular weight is 317 g/mol. The second-order valence-electron chi connectivity index (χ2n) is 5.06. The highest BCUT2D eigenvalue weighted by atomic mass is 16.5. The summed E-state index contributed by atoms with van der Waals surface area (Å²) in [7, 11) is 1.42. The molecule has 0 aromatic carbocycles. The molecule has 1 unspecified atom stereocenters. The van der Waals surface area contributed by atoms with Crippen LogP contribution in [0.2, 0.25) is 0 Å². The fourth-order valence-electron chi connectivity index (χ4n) is 1.86. The molecule has 1 atom stereocenters. The number of hydrogen-bond acceptors (Lipinski definition) is 8. The molecular formula is C14H19N7O2. The Balaban J connectivity index is 2.21. The van der Waals surface area contributed by atoms with Crippen molar-refractivity contribution in [2.45, 2.75) is 13.0 Å². The zero-order valence-electron chi connectivity index (χ0n) is 13.0. The summed E-state index contributed by atoms with van der Waals surface area (Å²) in [5, 5.41) is 12.3. The zero-order chi connectivity index (χ0) is 16.8. The molecule has 23 heavy (non-hydrogen) atoms. The first-order valence-corrected chi connectivity index (χ1v) is 7.00. The Bertz CT molecular complexity index is 662. The molecule has 1 aliphatic heterocycles. The highest BCUT2D eigenvalue weighted by molar-refractivity contribution is 5.93. The third kappa shape index (κ3) is 4.31. The lowest BCUT2D eigenvalue weighted by Crippen LogP contribution is -2.40. The van der Waals surface area contributed by atoms with Crippen LogP contribution in [-0.4, -0.2) is 42.2 Å². The van der Waals surface area contributed by atoms with Gasteiger partial charge in [0.25, 0.3) is 0 Å². The fourth-order valence-corrected chi connectivity index (χ4v) is 1.86. The predicted octanol–water partition coefficient (Wildman–Crippen LogP) is 0.230. The highest BCUT2D eigenvalue weighted by Crippen LogP contribution is 2.21. The molecule has 9 heteroatoms. The van der Waals surface area contributed by atoms with E-state index in [1.807, 2.05) is 13.0 Å². The summed E-state index contributed by atoms with van der Waals surface area (Å²) in [6.45, 7) is 3.38. The molecule has 0 amide bonds.